The molecule has 4 heteroatoms. The van der Waals surface area contributed by atoms with Crippen molar-refractivity contribution < 1.29 is 0 Å². The van der Waals surface area contributed by atoms with Gasteiger partial charge < -0.3 is 5.73 Å². The second kappa shape index (κ2) is 2.47. The first kappa shape index (κ1) is 7.35. The molecule has 0 saturated heterocycles. The van der Waals surface area contributed by atoms with E-state index in [1.54, 1.807) is 6.33 Å². The minimum atomic E-state index is 0.405. The van der Waals surface area contributed by atoms with E-state index in [9.17, 15) is 0 Å². The van der Waals surface area contributed by atoms with Crippen LogP contribution in [-0.4, -0.2) is 14.8 Å². The summed E-state index contributed by atoms with van der Waals surface area (Å²) in [6, 6.07) is 0.587. The van der Waals surface area contributed by atoms with Crippen LogP contribution in [0.15, 0.2) is 6.33 Å². The molecule has 70 valence electrons. The van der Waals surface area contributed by atoms with Gasteiger partial charge in [0, 0.05) is 0 Å². The van der Waals surface area contributed by atoms with Crippen molar-refractivity contribution in [3.8, 4) is 0 Å². The number of nitrogens with two attached hydrogens (primary N) is 1. The third-order valence-electron chi connectivity index (χ3n) is 3.57. The third-order valence-corrected chi connectivity index (χ3v) is 3.57. The summed E-state index contributed by atoms with van der Waals surface area (Å²) in [4.78, 5) is 3.97. The van der Waals surface area contributed by atoms with E-state index in [0.29, 0.717) is 12.0 Å². The summed E-state index contributed by atoms with van der Waals surface area (Å²) in [5, 5.41) is 4.19. The summed E-state index contributed by atoms with van der Waals surface area (Å²) in [7, 11) is 0. The van der Waals surface area contributed by atoms with Gasteiger partial charge in [-0.25, -0.2) is 9.67 Å². The first-order chi connectivity index (χ1) is 6.33. The second-order valence-electron chi connectivity index (χ2n) is 4.32. The fraction of sp³-hybridized carbons (Fsp3) is 0.778. The zero-order valence-corrected chi connectivity index (χ0v) is 7.56. The molecule has 1 aromatic rings. The van der Waals surface area contributed by atoms with E-state index in [1.807, 2.05) is 4.68 Å². The highest BCUT2D eigenvalue weighted by molar-refractivity contribution is 5.10. The van der Waals surface area contributed by atoms with Crippen LogP contribution in [0.2, 0.25) is 0 Å². The van der Waals surface area contributed by atoms with Gasteiger partial charge in [0.2, 0.25) is 5.95 Å². The first-order valence-electron chi connectivity index (χ1n) is 4.99. The Hall–Kier alpha value is -1.06. The molecule has 0 amide bonds. The van der Waals surface area contributed by atoms with Crippen molar-refractivity contribution >= 4 is 5.95 Å². The van der Waals surface area contributed by atoms with Crippen LogP contribution in [0.5, 0.6) is 0 Å². The van der Waals surface area contributed by atoms with Crippen molar-refractivity contribution in [2.75, 3.05) is 5.73 Å². The highest BCUT2D eigenvalue weighted by atomic mass is 15.4. The Morgan fingerprint density at radius 3 is 2.85 bits per heavy atom. The van der Waals surface area contributed by atoms with E-state index >= 15 is 0 Å². The molecule has 0 spiro atoms. The Morgan fingerprint density at radius 1 is 1.38 bits per heavy atom. The molecule has 1 heterocycles. The number of aromatic nitrogens is 3. The van der Waals surface area contributed by atoms with E-state index < -0.39 is 0 Å². The lowest BCUT2D eigenvalue weighted by atomic mass is 9.96. The van der Waals surface area contributed by atoms with Gasteiger partial charge in [0.05, 0.1) is 6.04 Å². The molecule has 0 aliphatic heterocycles. The number of fused-ring (bicyclic) bond motifs is 2. The van der Waals surface area contributed by atoms with Gasteiger partial charge in [-0.05, 0) is 31.1 Å². The lowest BCUT2D eigenvalue weighted by Gasteiger charge is -2.20. The van der Waals surface area contributed by atoms with E-state index in [2.05, 4.69) is 10.1 Å². The monoisotopic (exact) mass is 178 g/mol. The average Bonchev–Trinajstić information content (AvgIpc) is 2.77. The smallest absolute Gasteiger partial charge is 0.239 e. The van der Waals surface area contributed by atoms with Crippen LogP contribution in [0.1, 0.15) is 31.7 Å². The summed E-state index contributed by atoms with van der Waals surface area (Å²) in [5.41, 5.74) is 5.50. The lowest BCUT2D eigenvalue weighted by molar-refractivity contribution is 0.306. The zero-order valence-electron chi connectivity index (χ0n) is 7.56. The van der Waals surface area contributed by atoms with Gasteiger partial charge in [0.15, 0.2) is 0 Å². The summed E-state index contributed by atoms with van der Waals surface area (Å²) in [6.07, 6.45) is 7.25. The maximum absolute atomic E-state index is 5.50. The van der Waals surface area contributed by atoms with E-state index in [1.165, 1.54) is 25.7 Å². The molecule has 2 bridgehead atoms. The summed E-state index contributed by atoms with van der Waals surface area (Å²) in [5.74, 6) is 2.19. The van der Waals surface area contributed by atoms with Crippen molar-refractivity contribution in [2.24, 2.45) is 11.8 Å². The van der Waals surface area contributed by atoms with Crippen LogP contribution in [0.4, 0.5) is 5.95 Å². The van der Waals surface area contributed by atoms with Gasteiger partial charge in [0.25, 0.3) is 0 Å². The highest BCUT2D eigenvalue weighted by Gasteiger charge is 2.40. The fourth-order valence-electron chi connectivity index (χ4n) is 2.98. The minimum Gasteiger partial charge on any atom is -0.367 e. The predicted octanol–water partition coefficient (Wildman–Crippen LogP) is 1.22. The molecule has 13 heavy (non-hydrogen) atoms. The number of hydrogen-bond acceptors (Lipinski definition) is 3. The Labute approximate surface area is 77.1 Å². The Morgan fingerprint density at radius 2 is 2.31 bits per heavy atom. The molecule has 0 radical (unpaired) electrons. The van der Waals surface area contributed by atoms with Gasteiger partial charge in [-0.3, -0.25) is 0 Å². The van der Waals surface area contributed by atoms with Crippen molar-refractivity contribution in [3.05, 3.63) is 6.33 Å². The molecule has 1 aromatic heterocycles. The topological polar surface area (TPSA) is 56.7 Å². The van der Waals surface area contributed by atoms with Crippen molar-refractivity contribution in [1.29, 1.82) is 0 Å². The standard InChI is InChI=1S/C9H14N4/c10-9-11-5-13(12-9)8-4-6-1-2-7(8)3-6/h5-8H,1-4H2,(H2,10,12). The molecule has 3 unspecified atom stereocenters. The molecule has 2 saturated carbocycles. The first-order valence-corrected chi connectivity index (χ1v) is 4.99. The fourth-order valence-corrected chi connectivity index (χ4v) is 2.98. The van der Waals surface area contributed by atoms with Gasteiger partial charge in [-0.1, -0.05) is 6.42 Å². The van der Waals surface area contributed by atoms with Gasteiger partial charge >= 0.3 is 0 Å². The maximum Gasteiger partial charge on any atom is 0.239 e. The Bertz CT molecular complexity index is 319. The zero-order chi connectivity index (χ0) is 8.84. The summed E-state index contributed by atoms with van der Waals surface area (Å²) in [6.45, 7) is 0. The quantitative estimate of drug-likeness (QED) is 0.703. The van der Waals surface area contributed by atoms with Crippen LogP contribution >= 0.6 is 0 Å². The number of hydrogen-bond donors (Lipinski definition) is 1. The molecule has 2 aliphatic rings. The molecular weight excluding hydrogens is 164 g/mol. The molecular formula is C9H14N4. The van der Waals surface area contributed by atoms with Gasteiger partial charge in [-0.15, -0.1) is 5.10 Å². The van der Waals surface area contributed by atoms with Gasteiger partial charge in [0.1, 0.15) is 6.33 Å². The molecule has 4 nitrogen and oxygen atoms in total. The van der Waals surface area contributed by atoms with Crippen molar-refractivity contribution in [3.63, 3.8) is 0 Å². The van der Waals surface area contributed by atoms with E-state index in [-0.39, 0.29) is 0 Å². The molecule has 2 N–H and O–H groups in total. The van der Waals surface area contributed by atoms with Crippen LogP contribution in [0.25, 0.3) is 0 Å². The number of rotatable bonds is 1. The van der Waals surface area contributed by atoms with Crippen LogP contribution in [0, 0.1) is 11.8 Å². The lowest BCUT2D eigenvalue weighted by Crippen LogP contribution is -2.16. The highest BCUT2D eigenvalue weighted by Crippen LogP contribution is 2.50. The van der Waals surface area contributed by atoms with Gasteiger partial charge in [-0.2, -0.15) is 0 Å². The summed E-state index contributed by atoms with van der Waals surface area (Å²) >= 11 is 0. The molecule has 3 rings (SSSR count). The Kier molecular flexibility index (Phi) is 1.39. The summed E-state index contributed by atoms with van der Waals surface area (Å²) < 4.78 is 1.97. The third kappa shape index (κ3) is 1.04. The average molecular weight is 178 g/mol. The number of nitrogen functional groups attached to an aromatic ring is 1. The molecule has 0 aromatic carbocycles. The van der Waals surface area contributed by atoms with Crippen LogP contribution in [-0.2, 0) is 0 Å². The van der Waals surface area contributed by atoms with E-state index in [4.69, 9.17) is 5.73 Å². The van der Waals surface area contributed by atoms with Crippen molar-refractivity contribution in [1.82, 2.24) is 14.8 Å². The molecule has 3 atom stereocenters. The SMILES string of the molecule is Nc1ncn(C2CC3CCC2C3)n1. The second-order valence-corrected chi connectivity index (χ2v) is 4.32. The van der Waals surface area contributed by atoms with Crippen LogP contribution in [0.3, 0.4) is 0 Å². The number of nitrogens with zero attached hydrogens (tertiary/aromatic N) is 3. The largest absolute Gasteiger partial charge is 0.367 e. The van der Waals surface area contributed by atoms with Crippen LogP contribution < -0.4 is 5.73 Å². The molecule has 2 aliphatic carbocycles. The van der Waals surface area contributed by atoms with E-state index in [0.717, 1.165) is 11.8 Å². The van der Waals surface area contributed by atoms with Crippen molar-refractivity contribution in [2.45, 2.75) is 31.7 Å². The normalized spacial score (nSPS) is 37.1. The predicted molar refractivity (Wildman–Crippen MR) is 48.9 cm³/mol. The minimum absolute atomic E-state index is 0.405. The maximum atomic E-state index is 5.50. The number of anilines is 1. The molecule has 2 fully saturated rings. The Balaban J connectivity index is 1.87.